The number of alkyl halides is 2. The third-order valence-corrected chi connectivity index (χ3v) is 1.54. The zero-order valence-electron chi connectivity index (χ0n) is 7.55. The molecule has 0 aliphatic heterocycles. The van der Waals surface area contributed by atoms with Gasteiger partial charge in [-0.25, -0.2) is 8.78 Å². The van der Waals surface area contributed by atoms with Crippen molar-refractivity contribution in [2.24, 2.45) is 5.92 Å². The number of carbonyl (C=O) groups excluding carboxylic acids is 2. The maximum absolute atomic E-state index is 11.9. The first-order valence-electron chi connectivity index (χ1n) is 4.03. The molecule has 0 rings (SSSR count). The molecule has 0 saturated heterocycles. The molecule has 1 atom stereocenters. The highest BCUT2D eigenvalue weighted by atomic mass is 19.3. The van der Waals surface area contributed by atoms with Gasteiger partial charge in [0.15, 0.2) is 0 Å². The van der Waals surface area contributed by atoms with Crippen molar-refractivity contribution in [3.63, 3.8) is 0 Å². The highest BCUT2D eigenvalue weighted by molar-refractivity contribution is 6.00. The fourth-order valence-electron chi connectivity index (χ4n) is 0.879. The monoisotopic (exact) mass is 194 g/mol. The van der Waals surface area contributed by atoms with Crippen molar-refractivity contribution in [2.75, 3.05) is 6.61 Å². The van der Waals surface area contributed by atoms with Crippen molar-refractivity contribution < 1.29 is 23.1 Å². The van der Waals surface area contributed by atoms with E-state index in [2.05, 4.69) is 4.74 Å². The molecule has 0 fully saturated rings. The van der Waals surface area contributed by atoms with Gasteiger partial charge in [-0.3, -0.25) is 9.59 Å². The first-order valence-corrected chi connectivity index (χ1v) is 4.03. The minimum atomic E-state index is -3.10. The van der Waals surface area contributed by atoms with Crippen LogP contribution in [0.4, 0.5) is 8.78 Å². The topological polar surface area (TPSA) is 43.4 Å². The Bertz CT molecular complexity index is 192. The number of ketones is 1. The molecule has 0 N–H and O–H groups in total. The van der Waals surface area contributed by atoms with E-state index in [-0.39, 0.29) is 13.0 Å². The van der Waals surface area contributed by atoms with E-state index in [4.69, 9.17) is 0 Å². The maximum atomic E-state index is 11.9. The zero-order valence-corrected chi connectivity index (χ0v) is 7.55. The van der Waals surface area contributed by atoms with E-state index in [1.165, 1.54) is 6.92 Å². The first kappa shape index (κ1) is 12.0. The number of hydrogen-bond acceptors (Lipinski definition) is 3. The van der Waals surface area contributed by atoms with E-state index < -0.39 is 24.1 Å². The Hall–Kier alpha value is -1.00. The van der Waals surface area contributed by atoms with E-state index in [0.717, 1.165) is 0 Å². The largest absolute Gasteiger partial charge is 0.465 e. The van der Waals surface area contributed by atoms with Crippen LogP contribution in [0.25, 0.3) is 0 Å². The van der Waals surface area contributed by atoms with Crippen LogP contribution in [0.1, 0.15) is 20.3 Å². The van der Waals surface area contributed by atoms with Crippen molar-refractivity contribution in [1.29, 1.82) is 0 Å². The lowest BCUT2D eigenvalue weighted by molar-refractivity contribution is -0.155. The lowest BCUT2D eigenvalue weighted by Gasteiger charge is -2.11. The third-order valence-electron chi connectivity index (χ3n) is 1.54. The first-order chi connectivity index (χ1) is 6.04. The number of esters is 1. The summed E-state index contributed by atoms with van der Waals surface area (Å²) in [6, 6.07) is 0. The zero-order chi connectivity index (χ0) is 10.4. The molecule has 76 valence electrons. The Labute approximate surface area is 75.1 Å². The highest BCUT2D eigenvalue weighted by Crippen LogP contribution is 2.12. The van der Waals surface area contributed by atoms with Crippen LogP contribution < -0.4 is 0 Å². The standard InChI is InChI=1S/C8H12F2O3/c1-3-5(6(11)7(9)10)8(12)13-4-2/h5,7H,3-4H2,1-2H3. The molecule has 0 heterocycles. The Morgan fingerprint density at radius 2 is 1.85 bits per heavy atom. The molecule has 0 aromatic carbocycles. The van der Waals surface area contributed by atoms with Crippen LogP contribution in [0, 0.1) is 5.92 Å². The van der Waals surface area contributed by atoms with Gasteiger partial charge in [0.05, 0.1) is 6.61 Å². The van der Waals surface area contributed by atoms with Gasteiger partial charge in [0.25, 0.3) is 6.43 Å². The van der Waals surface area contributed by atoms with Crippen LogP contribution in [-0.4, -0.2) is 24.8 Å². The summed E-state index contributed by atoms with van der Waals surface area (Å²) in [6.45, 7) is 3.13. The second-order valence-electron chi connectivity index (χ2n) is 2.42. The van der Waals surface area contributed by atoms with Crippen LogP contribution in [0.3, 0.4) is 0 Å². The van der Waals surface area contributed by atoms with Crippen molar-refractivity contribution in [1.82, 2.24) is 0 Å². The van der Waals surface area contributed by atoms with Crippen LogP contribution in [0.15, 0.2) is 0 Å². The molecular formula is C8H12F2O3. The molecule has 0 aliphatic rings. The number of carbonyl (C=O) groups is 2. The maximum Gasteiger partial charge on any atom is 0.316 e. The van der Waals surface area contributed by atoms with E-state index in [0.29, 0.717) is 0 Å². The molecule has 0 amide bonds. The second kappa shape index (κ2) is 5.61. The number of rotatable bonds is 5. The summed E-state index contributed by atoms with van der Waals surface area (Å²) in [4.78, 5) is 21.7. The molecular weight excluding hydrogens is 182 g/mol. The molecule has 0 saturated carbocycles. The Morgan fingerprint density at radius 1 is 1.31 bits per heavy atom. The summed E-state index contributed by atoms with van der Waals surface area (Å²) in [5.74, 6) is -3.55. The van der Waals surface area contributed by atoms with Gasteiger partial charge in [0, 0.05) is 0 Å². The minimum Gasteiger partial charge on any atom is -0.465 e. The quantitative estimate of drug-likeness (QED) is 0.491. The predicted octanol–water partition coefficient (Wildman–Crippen LogP) is 1.41. The molecule has 13 heavy (non-hydrogen) atoms. The predicted molar refractivity (Wildman–Crippen MR) is 41.4 cm³/mol. The summed E-state index contributed by atoms with van der Waals surface area (Å²) in [7, 11) is 0. The second-order valence-corrected chi connectivity index (χ2v) is 2.42. The van der Waals surface area contributed by atoms with Gasteiger partial charge in [0.1, 0.15) is 5.92 Å². The summed E-state index contributed by atoms with van der Waals surface area (Å²) >= 11 is 0. The fraction of sp³-hybridized carbons (Fsp3) is 0.750. The average molecular weight is 194 g/mol. The Kier molecular flexibility index (Phi) is 5.18. The number of ether oxygens (including phenoxy) is 1. The minimum absolute atomic E-state index is 0.0437. The summed E-state index contributed by atoms with van der Waals surface area (Å²) in [6.07, 6.45) is -3.06. The van der Waals surface area contributed by atoms with Crippen molar-refractivity contribution >= 4 is 11.8 Å². The van der Waals surface area contributed by atoms with Gasteiger partial charge < -0.3 is 4.74 Å². The van der Waals surface area contributed by atoms with Crippen LogP contribution in [0.2, 0.25) is 0 Å². The molecule has 0 bridgehead atoms. The molecule has 0 aromatic rings. The van der Waals surface area contributed by atoms with Crippen LogP contribution in [0.5, 0.6) is 0 Å². The molecule has 0 radical (unpaired) electrons. The number of Topliss-reactive ketones (excluding diaryl/α,β-unsaturated/α-hetero) is 1. The molecule has 0 spiro atoms. The van der Waals surface area contributed by atoms with Gasteiger partial charge in [0.2, 0.25) is 5.78 Å². The van der Waals surface area contributed by atoms with Gasteiger partial charge in [-0.15, -0.1) is 0 Å². The van der Waals surface area contributed by atoms with E-state index in [9.17, 15) is 18.4 Å². The van der Waals surface area contributed by atoms with Gasteiger partial charge >= 0.3 is 5.97 Å². The molecule has 3 nitrogen and oxygen atoms in total. The summed E-state index contributed by atoms with van der Waals surface area (Å²) in [5, 5.41) is 0. The molecule has 5 heteroatoms. The average Bonchev–Trinajstić information content (AvgIpc) is 2.05. The van der Waals surface area contributed by atoms with Gasteiger partial charge in [-0.1, -0.05) is 6.92 Å². The van der Waals surface area contributed by atoms with E-state index >= 15 is 0 Å². The number of halogens is 2. The summed E-state index contributed by atoms with van der Waals surface area (Å²) < 4.78 is 28.3. The third kappa shape index (κ3) is 3.48. The van der Waals surface area contributed by atoms with Crippen molar-refractivity contribution in [3.05, 3.63) is 0 Å². The molecule has 1 unspecified atom stereocenters. The lowest BCUT2D eigenvalue weighted by atomic mass is 10.0. The highest BCUT2D eigenvalue weighted by Gasteiger charge is 2.31. The Balaban J connectivity index is 4.32. The van der Waals surface area contributed by atoms with E-state index in [1.807, 2.05) is 0 Å². The van der Waals surface area contributed by atoms with Crippen LogP contribution >= 0.6 is 0 Å². The smallest absolute Gasteiger partial charge is 0.316 e. The molecule has 0 aliphatic carbocycles. The van der Waals surface area contributed by atoms with E-state index in [1.54, 1.807) is 6.92 Å². The molecule has 0 aromatic heterocycles. The SMILES string of the molecule is CCOC(=O)C(CC)C(=O)C(F)F. The number of hydrogen-bond donors (Lipinski definition) is 0. The fourth-order valence-corrected chi connectivity index (χ4v) is 0.879. The summed E-state index contributed by atoms with van der Waals surface area (Å²) in [5.41, 5.74) is 0. The van der Waals surface area contributed by atoms with Gasteiger partial charge in [-0.05, 0) is 13.3 Å². The van der Waals surface area contributed by atoms with Gasteiger partial charge in [-0.2, -0.15) is 0 Å². The normalized spacial score (nSPS) is 12.7. The van der Waals surface area contributed by atoms with Crippen LogP contribution in [-0.2, 0) is 14.3 Å². The lowest BCUT2D eigenvalue weighted by Crippen LogP contribution is -2.30. The Morgan fingerprint density at radius 3 is 2.15 bits per heavy atom. The van der Waals surface area contributed by atoms with Crippen molar-refractivity contribution in [3.8, 4) is 0 Å². The van der Waals surface area contributed by atoms with Crippen molar-refractivity contribution in [2.45, 2.75) is 26.7 Å².